The summed E-state index contributed by atoms with van der Waals surface area (Å²) in [4.78, 5) is 4.32. The number of aliphatic imine (C=N–C) groups is 1. The minimum absolute atomic E-state index is 0.0802. The summed E-state index contributed by atoms with van der Waals surface area (Å²) >= 11 is 0. The maximum Gasteiger partial charge on any atom is 0.213 e. The molecule has 14 heavy (non-hydrogen) atoms. The number of nitrogens with two attached hydrogens (primary N) is 1. The second-order valence-electron chi connectivity index (χ2n) is 3.54. The number of hydrogen-bond acceptors (Lipinski definition) is 4. The largest absolute Gasteiger partial charge is 0.470 e. The highest BCUT2D eigenvalue weighted by atomic mass is 16.6. The fraction of sp³-hybridized carbons (Fsp3) is 0.700. The van der Waals surface area contributed by atoms with E-state index in [1.807, 2.05) is 20.8 Å². The highest BCUT2D eigenvalue weighted by Crippen LogP contribution is 2.26. The Labute approximate surface area is 84.8 Å². The second kappa shape index (κ2) is 4.00. The first kappa shape index (κ1) is 11.0. The fourth-order valence-electron chi connectivity index (χ4n) is 1.17. The molecule has 0 aromatic heterocycles. The molecule has 0 aromatic rings. The van der Waals surface area contributed by atoms with Gasteiger partial charge < -0.3 is 15.2 Å². The smallest absolute Gasteiger partial charge is 0.213 e. The van der Waals surface area contributed by atoms with E-state index in [2.05, 4.69) is 4.99 Å². The van der Waals surface area contributed by atoms with Crippen LogP contribution >= 0.6 is 0 Å². The second-order valence-corrected chi connectivity index (χ2v) is 3.54. The summed E-state index contributed by atoms with van der Waals surface area (Å²) in [6, 6.07) is 0. The summed E-state index contributed by atoms with van der Waals surface area (Å²) in [6.45, 7) is 5.80. The average Bonchev–Trinajstić information content (AvgIpc) is 2.43. The number of allylic oxidation sites excluding steroid dienone is 1. The third-order valence-electron chi connectivity index (χ3n) is 2.51. The molecule has 1 aliphatic heterocycles. The van der Waals surface area contributed by atoms with Crippen LogP contribution in [0.15, 0.2) is 16.8 Å². The molecule has 1 aliphatic rings. The van der Waals surface area contributed by atoms with Crippen LogP contribution in [0, 0.1) is 0 Å². The van der Waals surface area contributed by atoms with Crippen LogP contribution in [0.3, 0.4) is 0 Å². The van der Waals surface area contributed by atoms with Crippen LogP contribution in [0.4, 0.5) is 0 Å². The highest BCUT2D eigenvalue weighted by molar-refractivity contribution is 5.89. The Morgan fingerprint density at radius 1 is 1.79 bits per heavy atom. The van der Waals surface area contributed by atoms with Gasteiger partial charge in [-0.2, -0.15) is 0 Å². The van der Waals surface area contributed by atoms with E-state index < -0.39 is 5.72 Å². The van der Waals surface area contributed by atoms with E-state index in [4.69, 9.17) is 15.2 Å². The number of ether oxygens (including phenoxy) is 2. The van der Waals surface area contributed by atoms with Gasteiger partial charge in [0.1, 0.15) is 6.10 Å². The number of rotatable bonds is 3. The lowest BCUT2D eigenvalue weighted by atomic mass is 10.2. The summed E-state index contributed by atoms with van der Waals surface area (Å²) in [5.41, 5.74) is 5.86. The molecule has 80 valence electrons. The van der Waals surface area contributed by atoms with Gasteiger partial charge in [-0.25, -0.2) is 4.99 Å². The molecule has 2 unspecified atom stereocenters. The van der Waals surface area contributed by atoms with Crippen LogP contribution in [0.2, 0.25) is 0 Å². The molecule has 2 atom stereocenters. The zero-order valence-corrected chi connectivity index (χ0v) is 9.20. The van der Waals surface area contributed by atoms with Crippen LogP contribution in [-0.4, -0.2) is 24.8 Å². The lowest BCUT2D eigenvalue weighted by Gasteiger charge is -2.22. The van der Waals surface area contributed by atoms with Crippen LogP contribution in [0.1, 0.15) is 27.2 Å². The Morgan fingerprint density at radius 3 is 2.86 bits per heavy atom. The van der Waals surface area contributed by atoms with Crippen molar-refractivity contribution in [3.8, 4) is 0 Å². The first-order valence-electron chi connectivity index (χ1n) is 4.79. The summed E-state index contributed by atoms with van der Waals surface area (Å²) in [5.74, 6) is 0.557. The van der Waals surface area contributed by atoms with Gasteiger partial charge in [-0.3, -0.25) is 0 Å². The van der Waals surface area contributed by atoms with Crippen LogP contribution in [0.5, 0.6) is 0 Å². The van der Waals surface area contributed by atoms with Crippen molar-refractivity contribution < 1.29 is 9.47 Å². The molecule has 0 bridgehead atoms. The molecule has 2 N–H and O–H groups in total. The highest BCUT2D eigenvalue weighted by Gasteiger charge is 2.38. The fourth-order valence-corrected chi connectivity index (χ4v) is 1.17. The molecular weight excluding hydrogens is 180 g/mol. The van der Waals surface area contributed by atoms with Gasteiger partial charge in [-0.1, -0.05) is 6.92 Å². The zero-order chi connectivity index (χ0) is 10.8. The lowest BCUT2D eigenvalue weighted by Crippen LogP contribution is -2.34. The summed E-state index contributed by atoms with van der Waals surface area (Å²) in [5, 5.41) is 0. The van der Waals surface area contributed by atoms with Crippen LogP contribution < -0.4 is 5.73 Å². The predicted molar refractivity (Wildman–Crippen MR) is 56.0 cm³/mol. The molecule has 0 aromatic carbocycles. The van der Waals surface area contributed by atoms with E-state index in [1.54, 1.807) is 13.2 Å². The van der Waals surface area contributed by atoms with E-state index >= 15 is 0 Å². The van der Waals surface area contributed by atoms with Crippen molar-refractivity contribution in [2.24, 2.45) is 10.7 Å². The summed E-state index contributed by atoms with van der Waals surface area (Å²) in [7, 11) is 1.62. The maximum atomic E-state index is 5.69. The molecule has 1 heterocycles. The van der Waals surface area contributed by atoms with Crippen molar-refractivity contribution in [1.82, 2.24) is 0 Å². The predicted octanol–water partition coefficient (Wildman–Crippen LogP) is 1.42. The van der Waals surface area contributed by atoms with Gasteiger partial charge >= 0.3 is 0 Å². The lowest BCUT2D eigenvalue weighted by molar-refractivity contribution is -0.0468. The molecule has 0 radical (unpaired) electrons. The Morgan fingerprint density at radius 2 is 2.43 bits per heavy atom. The third kappa shape index (κ3) is 2.07. The van der Waals surface area contributed by atoms with E-state index in [-0.39, 0.29) is 6.10 Å². The topological polar surface area (TPSA) is 56.8 Å². The van der Waals surface area contributed by atoms with Gasteiger partial charge in [0.25, 0.3) is 0 Å². The summed E-state index contributed by atoms with van der Waals surface area (Å²) < 4.78 is 10.8. The standard InChI is InChI=1S/C10H18N2O2/c1-5-8(11)6-9-12-10(3,13-4)7(2)14-9/h6-7H,5,11H2,1-4H3. The van der Waals surface area contributed by atoms with Gasteiger partial charge in [0, 0.05) is 18.9 Å². The molecule has 0 fully saturated rings. The average molecular weight is 198 g/mol. The molecule has 0 saturated heterocycles. The Kier molecular flexibility index (Phi) is 3.16. The molecular formula is C10H18N2O2. The quantitative estimate of drug-likeness (QED) is 0.746. The normalized spacial score (nSPS) is 32.7. The van der Waals surface area contributed by atoms with Gasteiger partial charge in [-0.05, 0) is 20.3 Å². The molecule has 0 spiro atoms. The van der Waals surface area contributed by atoms with Gasteiger partial charge in [-0.15, -0.1) is 0 Å². The van der Waals surface area contributed by atoms with E-state index in [9.17, 15) is 0 Å². The van der Waals surface area contributed by atoms with Crippen molar-refractivity contribution in [2.75, 3.05) is 7.11 Å². The zero-order valence-electron chi connectivity index (χ0n) is 9.20. The van der Waals surface area contributed by atoms with Gasteiger partial charge in [0.15, 0.2) is 5.72 Å². The molecule has 0 aliphatic carbocycles. The van der Waals surface area contributed by atoms with Crippen LogP contribution in [-0.2, 0) is 9.47 Å². The first-order chi connectivity index (χ1) is 6.51. The Balaban J connectivity index is 2.81. The van der Waals surface area contributed by atoms with Crippen molar-refractivity contribution in [1.29, 1.82) is 0 Å². The monoisotopic (exact) mass is 198 g/mol. The van der Waals surface area contributed by atoms with Gasteiger partial charge in [0.2, 0.25) is 5.90 Å². The van der Waals surface area contributed by atoms with Crippen molar-refractivity contribution >= 4 is 5.90 Å². The minimum Gasteiger partial charge on any atom is -0.470 e. The van der Waals surface area contributed by atoms with Crippen molar-refractivity contribution in [2.45, 2.75) is 39.0 Å². The van der Waals surface area contributed by atoms with Crippen LogP contribution in [0.25, 0.3) is 0 Å². The number of nitrogens with zero attached hydrogens (tertiary/aromatic N) is 1. The molecule has 4 heteroatoms. The third-order valence-corrected chi connectivity index (χ3v) is 2.51. The van der Waals surface area contributed by atoms with E-state index in [1.165, 1.54) is 0 Å². The summed E-state index contributed by atoms with van der Waals surface area (Å²) in [6.07, 6.45) is 2.46. The minimum atomic E-state index is -0.583. The Bertz CT molecular complexity index is 273. The molecule has 0 saturated carbocycles. The Hall–Kier alpha value is -1.03. The number of hydrogen-bond donors (Lipinski definition) is 1. The first-order valence-corrected chi connectivity index (χ1v) is 4.79. The molecule has 0 amide bonds. The molecule has 1 rings (SSSR count). The van der Waals surface area contributed by atoms with E-state index in [0.717, 1.165) is 12.1 Å². The SMILES string of the molecule is CCC(N)=CC1=NC(C)(OC)C(C)O1. The van der Waals surface area contributed by atoms with E-state index in [0.29, 0.717) is 5.90 Å². The molecule has 4 nitrogen and oxygen atoms in total. The van der Waals surface area contributed by atoms with Crippen molar-refractivity contribution in [3.05, 3.63) is 11.8 Å². The van der Waals surface area contributed by atoms with Gasteiger partial charge in [0.05, 0.1) is 0 Å². The number of methoxy groups -OCH3 is 1. The van der Waals surface area contributed by atoms with Crippen molar-refractivity contribution in [3.63, 3.8) is 0 Å². The maximum absolute atomic E-state index is 5.69.